The first-order chi connectivity index (χ1) is 10.6. The van der Waals surface area contributed by atoms with Crippen LogP contribution in [0.1, 0.15) is 10.4 Å². The molecule has 0 fully saturated rings. The van der Waals surface area contributed by atoms with Crippen LogP contribution in [0, 0.1) is 5.82 Å². The topological polar surface area (TPSA) is 55.4 Å². The maximum Gasteiger partial charge on any atom is 0.338 e. The minimum Gasteiger partial charge on any atom is -0.452 e. The van der Waals surface area contributed by atoms with E-state index in [1.807, 2.05) is 18.4 Å². The Kier molecular flexibility index (Phi) is 5.55. The van der Waals surface area contributed by atoms with Crippen LogP contribution in [-0.4, -0.2) is 24.7 Å². The summed E-state index contributed by atoms with van der Waals surface area (Å²) in [6, 6.07) is 12.4. The normalized spacial score (nSPS) is 10.1. The van der Waals surface area contributed by atoms with E-state index in [0.717, 1.165) is 11.0 Å². The number of rotatable bonds is 5. The van der Waals surface area contributed by atoms with Crippen molar-refractivity contribution in [3.8, 4) is 0 Å². The molecule has 22 heavy (non-hydrogen) atoms. The molecule has 0 aliphatic carbocycles. The molecule has 1 N–H and O–H groups in total. The van der Waals surface area contributed by atoms with Crippen molar-refractivity contribution in [1.82, 2.24) is 0 Å². The van der Waals surface area contributed by atoms with Crippen molar-refractivity contribution in [2.75, 3.05) is 18.2 Å². The standard InChI is InChI=1S/C16H14FNO3S/c1-22-14-8-3-2-7-13(14)18-15(19)10-21-16(20)11-5-4-6-12(17)9-11/h2-9H,10H2,1H3,(H,18,19). The smallest absolute Gasteiger partial charge is 0.338 e. The first kappa shape index (κ1) is 16.0. The van der Waals surface area contributed by atoms with Crippen LogP contribution in [-0.2, 0) is 9.53 Å². The van der Waals surface area contributed by atoms with Gasteiger partial charge in [-0.15, -0.1) is 11.8 Å². The number of hydrogen-bond acceptors (Lipinski definition) is 4. The van der Waals surface area contributed by atoms with Gasteiger partial charge in [-0.25, -0.2) is 9.18 Å². The van der Waals surface area contributed by atoms with Gasteiger partial charge in [0.15, 0.2) is 6.61 Å². The average Bonchev–Trinajstić information content (AvgIpc) is 2.53. The van der Waals surface area contributed by atoms with Crippen LogP contribution in [0.5, 0.6) is 0 Å². The van der Waals surface area contributed by atoms with Crippen molar-refractivity contribution in [1.29, 1.82) is 0 Å². The van der Waals surface area contributed by atoms with Gasteiger partial charge in [0.1, 0.15) is 5.82 Å². The molecule has 6 heteroatoms. The lowest BCUT2D eigenvalue weighted by atomic mass is 10.2. The van der Waals surface area contributed by atoms with Gasteiger partial charge in [-0.1, -0.05) is 18.2 Å². The molecule has 0 unspecified atom stereocenters. The molecule has 0 saturated heterocycles. The zero-order valence-corrected chi connectivity index (χ0v) is 12.7. The SMILES string of the molecule is CSc1ccccc1NC(=O)COC(=O)c1cccc(F)c1. The molecule has 2 aromatic carbocycles. The van der Waals surface area contributed by atoms with Crippen LogP contribution >= 0.6 is 11.8 Å². The number of para-hydroxylation sites is 1. The summed E-state index contributed by atoms with van der Waals surface area (Å²) in [5, 5.41) is 2.67. The number of thioether (sulfide) groups is 1. The molecule has 0 aromatic heterocycles. The number of carbonyl (C=O) groups is 2. The van der Waals surface area contributed by atoms with Gasteiger partial charge in [0.2, 0.25) is 0 Å². The second-order valence-corrected chi connectivity index (χ2v) is 5.18. The lowest BCUT2D eigenvalue weighted by Crippen LogP contribution is -2.21. The lowest BCUT2D eigenvalue weighted by Gasteiger charge is -2.09. The zero-order chi connectivity index (χ0) is 15.9. The van der Waals surface area contributed by atoms with E-state index in [1.54, 1.807) is 12.1 Å². The zero-order valence-electron chi connectivity index (χ0n) is 11.8. The molecule has 0 atom stereocenters. The maximum absolute atomic E-state index is 13.0. The maximum atomic E-state index is 13.0. The molecule has 1 amide bonds. The van der Waals surface area contributed by atoms with Crippen LogP contribution in [0.2, 0.25) is 0 Å². The quantitative estimate of drug-likeness (QED) is 0.678. The fourth-order valence-corrected chi connectivity index (χ4v) is 2.32. The Balaban J connectivity index is 1.91. The van der Waals surface area contributed by atoms with Crippen molar-refractivity contribution in [2.24, 2.45) is 0 Å². The fraction of sp³-hybridized carbons (Fsp3) is 0.125. The molecule has 0 spiro atoms. The Hall–Kier alpha value is -2.34. The molecule has 0 radical (unpaired) electrons. The molecule has 0 aliphatic heterocycles. The highest BCUT2D eigenvalue weighted by atomic mass is 32.2. The summed E-state index contributed by atoms with van der Waals surface area (Å²) in [6.07, 6.45) is 1.90. The van der Waals surface area contributed by atoms with Gasteiger partial charge in [-0.2, -0.15) is 0 Å². The Morgan fingerprint density at radius 1 is 1.18 bits per heavy atom. The summed E-state index contributed by atoms with van der Waals surface area (Å²) in [5.41, 5.74) is 0.721. The third-order valence-corrected chi connectivity index (χ3v) is 3.57. The number of amides is 1. The highest BCUT2D eigenvalue weighted by Crippen LogP contribution is 2.24. The van der Waals surface area contributed by atoms with Crippen molar-refractivity contribution >= 4 is 29.3 Å². The molecule has 114 valence electrons. The first-order valence-corrected chi connectivity index (χ1v) is 7.68. The summed E-state index contributed by atoms with van der Waals surface area (Å²) in [4.78, 5) is 24.4. The highest BCUT2D eigenvalue weighted by Gasteiger charge is 2.12. The molecule has 2 rings (SSSR count). The number of halogens is 1. The van der Waals surface area contributed by atoms with E-state index in [1.165, 1.54) is 30.0 Å². The van der Waals surface area contributed by atoms with E-state index in [0.29, 0.717) is 5.69 Å². The second kappa shape index (κ2) is 7.61. The number of esters is 1. The molecule has 0 bridgehead atoms. The van der Waals surface area contributed by atoms with Crippen molar-refractivity contribution in [3.05, 3.63) is 59.9 Å². The Morgan fingerprint density at radius 2 is 1.95 bits per heavy atom. The molecular weight excluding hydrogens is 305 g/mol. The van der Waals surface area contributed by atoms with Crippen LogP contribution in [0.4, 0.5) is 10.1 Å². The second-order valence-electron chi connectivity index (χ2n) is 4.33. The monoisotopic (exact) mass is 319 g/mol. The summed E-state index contributed by atoms with van der Waals surface area (Å²) in [5.74, 6) is -1.73. The number of carbonyl (C=O) groups excluding carboxylic acids is 2. The number of anilines is 1. The minimum atomic E-state index is -0.743. The highest BCUT2D eigenvalue weighted by molar-refractivity contribution is 7.98. The molecule has 0 heterocycles. The van der Waals surface area contributed by atoms with E-state index in [9.17, 15) is 14.0 Å². The Morgan fingerprint density at radius 3 is 2.68 bits per heavy atom. The fourth-order valence-electron chi connectivity index (χ4n) is 1.76. The summed E-state index contributed by atoms with van der Waals surface area (Å²) >= 11 is 1.50. The van der Waals surface area contributed by atoms with Gasteiger partial charge < -0.3 is 10.1 Å². The van der Waals surface area contributed by atoms with Gasteiger partial charge in [0, 0.05) is 4.90 Å². The van der Waals surface area contributed by atoms with E-state index < -0.39 is 24.3 Å². The van der Waals surface area contributed by atoms with Crippen LogP contribution in [0.25, 0.3) is 0 Å². The first-order valence-electron chi connectivity index (χ1n) is 6.45. The van der Waals surface area contributed by atoms with Gasteiger partial charge in [0.25, 0.3) is 5.91 Å². The van der Waals surface area contributed by atoms with Crippen LogP contribution < -0.4 is 5.32 Å². The van der Waals surface area contributed by atoms with Crippen molar-refractivity contribution in [2.45, 2.75) is 4.90 Å². The number of benzene rings is 2. The van der Waals surface area contributed by atoms with E-state index in [4.69, 9.17) is 4.74 Å². The molecule has 0 saturated carbocycles. The average molecular weight is 319 g/mol. The Labute approximate surface area is 131 Å². The van der Waals surface area contributed by atoms with Gasteiger partial charge >= 0.3 is 5.97 Å². The molecule has 0 aliphatic rings. The predicted octanol–water partition coefficient (Wildman–Crippen LogP) is 3.34. The third kappa shape index (κ3) is 4.33. The lowest BCUT2D eigenvalue weighted by molar-refractivity contribution is -0.119. The van der Waals surface area contributed by atoms with Crippen molar-refractivity contribution < 1.29 is 18.7 Å². The number of nitrogens with one attached hydrogen (secondary N) is 1. The third-order valence-electron chi connectivity index (χ3n) is 2.78. The van der Waals surface area contributed by atoms with E-state index in [2.05, 4.69) is 5.32 Å². The van der Waals surface area contributed by atoms with E-state index >= 15 is 0 Å². The Bertz CT molecular complexity index is 691. The molecular formula is C16H14FNO3S. The largest absolute Gasteiger partial charge is 0.452 e. The predicted molar refractivity (Wildman–Crippen MR) is 83.5 cm³/mol. The molecule has 4 nitrogen and oxygen atoms in total. The minimum absolute atomic E-state index is 0.0670. The summed E-state index contributed by atoms with van der Waals surface area (Å²) in [6.45, 7) is -0.432. The summed E-state index contributed by atoms with van der Waals surface area (Å²) in [7, 11) is 0. The van der Waals surface area contributed by atoms with Crippen LogP contribution in [0.3, 0.4) is 0 Å². The van der Waals surface area contributed by atoms with Gasteiger partial charge in [0.05, 0.1) is 11.3 Å². The van der Waals surface area contributed by atoms with Crippen LogP contribution in [0.15, 0.2) is 53.4 Å². The number of ether oxygens (including phenoxy) is 1. The van der Waals surface area contributed by atoms with E-state index in [-0.39, 0.29) is 5.56 Å². The summed E-state index contributed by atoms with van der Waals surface area (Å²) < 4.78 is 17.9. The van der Waals surface area contributed by atoms with Gasteiger partial charge in [-0.3, -0.25) is 4.79 Å². The van der Waals surface area contributed by atoms with Gasteiger partial charge in [-0.05, 0) is 36.6 Å². The number of hydrogen-bond donors (Lipinski definition) is 1. The van der Waals surface area contributed by atoms with Crippen molar-refractivity contribution in [3.63, 3.8) is 0 Å². The molecule has 2 aromatic rings.